The lowest BCUT2D eigenvalue weighted by Gasteiger charge is -2.05. The highest BCUT2D eigenvalue weighted by Crippen LogP contribution is 2.17. The fourth-order valence-corrected chi connectivity index (χ4v) is 1.74. The molecule has 2 aromatic rings. The maximum Gasteiger partial charge on any atom is 0.256 e. The number of amides is 1. The standard InChI is InChI=1S/C12H9BrN2O/c13-11-4-2-1-3-10(11)12(16)15-9-5-7-14-8-6-9/h1-8H,(H,14,15,16). The van der Waals surface area contributed by atoms with Gasteiger partial charge in [-0.3, -0.25) is 9.78 Å². The first-order valence-electron chi connectivity index (χ1n) is 4.73. The molecule has 1 heterocycles. The zero-order valence-corrected chi connectivity index (χ0v) is 9.94. The predicted molar refractivity (Wildman–Crippen MR) is 66.3 cm³/mol. The van der Waals surface area contributed by atoms with Crippen LogP contribution in [0.15, 0.2) is 53.3 Å². The summed E-state index contributed by atoms with van der Waals surface area (Å²) in [7, 11) is 0. The van der Waals surface area contributed by atoms with Gasteiger partial charge in [0.05, 0.1) is 5.56 Å². The molecular weight excluding hydrogens is 268 g/mol. The van der Waals surface area contributed by atoms with E-state index in [0.29, 0.717) is 5.56 Å². The number of pyridine rings is 1. The third-order valence-corrected chi connectivity index (χ3v) is 2.75. The Morgan fingerprint density at radius 1 is 1.12 bits per heavy atom. The highest BCUT2D eigenvalue weighted by Gasteiger charge is 2.08. The van der Waals surface area contributed by atoms with Crippen molar-refractivity contribution in [3.8, 4) is 0 Å². The number of rotatable bonds is 2. The molecule has 4 heteroatoms. The van der Waals surface area contributed by atoms with Gasteiger partial charge in [-0.25, -0.2) is 0 Å². The number of hydrogen-bond donors (Lipinski definition) is 1. The first-order chi connectivity index (χ1) is 7.77. The monoisotopic (exact) mass is 276 g/mol. The number of halogens is 1. The van der Waals surface area contributed by atoms with E-state index >= 15 is 0 Å². The third-order valence-electron chi connectivity index (χ3n) is 2.06. The minimum atomic E-state index is -0.140. The zero-order chi connectivity index (χ0) is 11.4. The summed E-state index contributed by atoms with van der Waals surface area (Å²) < 4.78 is 0.779. The molecule has 1 aromatic carbocycles. The quantitative estimate of drug-likeness (QED) is 0.916. The van der Waals surface area contributed by atoms with Crippen LogP contribution < -0.4 is 5.32 Å². The highest BCUT2D eigenvalue weighted by atomic mass is 79.9. The van der Waals surface area contributed by atoms with Crippen LogP contribution in [0.25, 0.3) is 0 Å². The minimum Gasteiger partial charge on any atom is -0.322 e. The van der Waals surface area contributed by atoms with Gasteiger partial charge in [-0.2, -0.15) is 0 Å². The predicted octanol–water partition coefficient (Wildman–Crippen LogP) is 3.10. The van der Waals surface area contributed by atoms with Crippen LogP contribution in [0.5, 0.6) is 0 Å². The second-order valence-electron chi connectivity index (χ2n) is 3.17. The van der Waals surface area contributed by atoms with Crippen LogP contribution >= 0.6 is 15.9 Å². The Balaban J connectivity index is 2.19. The molecular formula is C12H9BrN2O. The summed E-state index contributed by atoms with van der Waals surface area (Å²) in [6, 6.07) is 10.8. The van der Waals surface area contributed by atoms with Crippen LogP contribution in [0, 0.1) is 0 Å². The number of aromatic nitrogens is 1. The molecule has 1 aromatic heterocycles. The number of anilines is 1. The first kappa shape index (κ1) is 10.8. The zero-order valence-electron chi connectivity index (χ0n) is 8.35. The fraction of sp³-hybridized carbons (Fsp3) is 0. The summed E-state index contributed by atoms with van der Waals surface area (Å²) in [6.07, 6.45) is 3.27. The van der Waals surface area contributed by atoms with Crippen molar-refractivity contribution in [1.29, 1.82) is 0 Å². The third kappa shape index (κ3) is 2.46. The van der Waals surface area contributed by atoms with Gasteiger partial charge < -0.3 is 5.32 Å². The Morgan fingerprint density at radius 2 is 1.81 bits per heavy atom. The highest BCUT2D eigenvalue weighted by molar-refractivity contribution is 9.10. The van der Waals surface area contributed by atoms with Crippen molar-refractivity contribution >= 4 is 27.5 Å². The average Bonchev–Trinajstić information content (AvgIpc) is 2.31. The first-order valence-corrected chi connectivity index (χ1v) is 5.52. The largest absolute Gasteiger partial charge is 0.322 e. The summed E-state index contributed by atoms with van der Waals surface area (Å²) in [4.78, 5) is 15.8. The van der Waals surface area contributed by atoms with Crippen molar-refractivity contribution in [3.05, 3.63) is 58.8 Å². The number of benzene rings is 1. The molecule has 0 aliphatic rings. The van der Waals surface area contributed by atoms with Gasteiger partial charge in [-0.05, 0) is 40.2 Å². The van der Waals surface area contributed by atoms with Crippen LogP contribution in [0.1, 0.15) is 10.4 Å². The molecule has 0 saturated carbocycles. The van der Waals surface area contributed by atoms with E-state index in [2.05, 4.69) is 26.2 Å². The van der Waals surface area contributed by atoms with Crippen LogP contribution in [0.3, 0.4) is 0 Å². The minimum absolute atomic E-state index is 0.140. The Labute approximate surface area is 102 Å². The Hall–Kier alpha value is -1.68. The van der Waals surface area contributed by atoms with Crippen LogP contribution in [-0.2, 0) is 0 Å². The summed E-state index contributed by atoms with van der Waals surface area (Å²) in [6.45, 7) is 0. The molecule has 2 rings (SSSR count). The topological polar surface area (TPSA) is 42.0 Å². The smallest absolute Gasteiger partial charge is 0.256 e. The number of hydrogen-bond acceptors (Lipinski definition) is 2. The lowest BCUT2D eigenvalue weighted by atomic mass is 10.2. The summed E-state index contributed by atoms with van der Waals surface area (Å²) >= 11 is 3.34. The molecule has 0 atom stereocenters. The van der Waals surface area contributed by atoms with E-state index in [1.165, 1.54) is 0 Å². The summed E-state index contributed by atoms with van der Waals surface area (Å²) in [5.74, 6) is -0.140. The van der Waals surface area contributed by atoms with Crippen molar-refractivity contribution < 1.29 is 4.79 Å². The second kappa shape index (κ2) is 4.90. The molecule has 16 heavy (non-hydrogen) atoms. The molecule has 0 aliphatic carbocycles. The number of carbonyl (C=O) groups excluding carboxylic acids is 1. The van der Waals surface area contributed by atoms with Gasteiger partial charge in [0.15, 0.2) is 0 Å². The molecule has 0 bridgehead atoms. The van der Waals surface area contributed by atoms with E-state index < -0.39 is 0 Å². The molecule has 0 spiro atoms. The Morgan fingerprint density at radius 3 is 2.50 bits per heavy atom. The molecule has 3 nitrogen and oxygen atoms in total. The van der Waals surface area contributed by atoms with Crippen LogP contribution in [0.2, 0.25) is 0 Å². The Kier molecular flexibility index (Phi) is 3.31. The maximum atomic E-state index is 11.9. The maximum absolute atomic E-state index is 11.9. The lowest BCUT2D eigenvalue weighted by Crippen LogP contribution is -2.12. The van der Waals surface area contributed by atoms with E-state index in [0.717, 1.165) is 10.2 Å². The van der Waals surface area contributed by atoms with Gasteiger partial charge in [0.2, 0.25) is 0 Å². The molecule has 0 aliphatic heterocycles. The second-order valence-corrected chi connectivity index (χ2v) is 4.02. The van der Waals surface area contributed by atoms with Crippen LogP contribution in [0.4, 0.5) is 5.69 Å². The van der Waals surface area contributed by atoms with Crippen LogP contribution in [-0.4, -0.2) is 10.9 Å². The van der Waals surface area contributed by atoms with E-state index in [1.54, 1.807) is 30.6 Å². The van der Waals surface area contributed by atoms with Crippen molar-refractivity contribution in [3.63, 3.8) is 0 Å². The molecule has 0 saturated heterocycles. The van der Waals surface area contributed by atoms with Gasteiger partial charge in [-0.15, -0.1) is 0 Å². The molecule has 1 amide bonds. The average molecular weight is 277 g/mol. The van der Waals surface area contributed by atoms with Gasteiger partial charge in [0.25, 0.3) is 5.91 Å². The van der Waals surface area contributed by atoms with Crippen molar-refractivity contribution in [1.82, 2.24) is 4.98 Å². The number of nitrogens with zero attached hydrogens (tertiary/aromatic N) is 1. The normalized spacial score (nSPS) is 9.81. The van der Waals surface area contributed by atoms with Gasteiger partial charge in [0.1, 0.15) is 0 Å². The Bertz CT molecular complexity index is 499. The lowest BCUT2D eigenvalue weighted by molar-refractivity contribution is 0.102. The SMILES string of the molecule is O=C(Nc1ccncc1)c1ccccc1Br. The van der Waals surface area contributed by atoms with E-state index in [4.69, 9.17) is 0 Å². The van der Waals surface area contributed by atoms with E-state index in [-0.39, 0.29) is 5.91 Å². The van der Waals surface area contributed by atoms with Gasteiger partial charge >= 0.3 is 0 Å². The molecule has 0 fully saturated rings. The van der Waals surface area contributed by atoms with Crippen molar-refractivity contribution in [2.75, 3.05) is 5.32 Å². The van der Waals surface area contributed by atoms with Crippen molar-refractivity contribution in [2.24, 2.45) is 0 Å². The number of carbonyl (C=O) groups is 1. The molecule has 0 radical (unpaired) electrons. The van der Waals surface area contributed by atoms with Crippen molar-refractivity contribution in [2.45, 2.75) is 0 Å². The molecule has 1 N–H and O–H groups in total. The van der Waals surface area contributed by atoms with Gasteiger partial charge in [0, 0.05) is 22.6 Å². The van der Waals surface area contributed by atoms with Gasteiger partial charge in [-0.1, -0.05) is 12.1 Å². The molecule has 80 valence electrons. The van der Waals surface area contributed by atoms with E-state index in [9.17, 15) is 4.79 Å². The van der Waals surface area contributed by atoms with E-state index in [1.807, 2.05) is 18.2 Å². The summed E-state index contributed by atoms with van der Waals surface area (Å²) in [5.41, 5.74) is 1.34. The summed E-state index contributed by atoms with van der Waals surface area (Å²) in [5, 5.41) is 2.79. The fourth-order valence-electron chi connectivity index (χ4n) is 1.28. The molecule has 0 unspecified atom stereocenters. The number of nitrogens with one attached hydrogen (secondary N) is 1.